The predicted octanol–water partition coefficient (Wildman–Crippen LogP) is 3.83. The number of carbonyl (C=O) groups is 2. The van der Waals surface area contributed by atoms with Gasteiger partial charge in [-0.1, -0.05) is 38.2 Å². The molecule has 7 heteroatoms. The summed E-state index contributed by atoms with van der Waals surface area (Å²) >= 11 is 1.40. The highest BCUT2D eigenvalue weighted by molar-refractivity contribution is 7.15. The Kier molecular flexibility index (Phi) is 5.33. The van der Waals surface area contributed by atoms with Crippen LogP contribution in [0.4, 0.5) is 10.8 Å². The van der Waals surface area contributed by atoms with Gasteiger partial charge in [-0.05, 0) is 43.5 Å². The third kappa shape index (κ3) is 4.03. The second-order valence-corrected chi connectivity index (χ2v) is 8.79. The fourth-order valence-corrected chi connectivity index (χ4v) is 3.85. The zero-order valence-corrected chi connectivity index (χ0v) is 17.3. The molecule has 144 valence electrons. The number of anilines is 2. The Morgan fingerprint density at radius 2 is 2.04 bits per heavy atom. The lowest BCUT2D eigenvalue weighted by molar-refractivity contribution is -0.122. The van der Waals surface area contributed by atoms with Crippen LogP contribution in [0.15, 0.2) is 18.2 Å². The van der Waals surface area contributed by atoms with Crippen molar-refractivity contribution in [2.45, 2.75) is 52.9 Å². The van der Waals surface area contributed by atoms with E-state index < -0.39 is 0 Å². The van der Waals surface area contributed by atoms with Gasteiger partial charge in [0.05, 0.1) is 5.92 Å². The van der Waals surface area contributed by atoms with E-state index in [1.165, 1.54) is 16.9 Å². The fraction of sp³-hybridized carbons (Fsp3) is 0.500. The molecule has 1 unspecified atom stereocenters. The van der Waals surface area contributed by atoms with Crippen LogP contribution in [0.25, 0.3) is 0 Å². The molecule has 1 aliphatic heterocycles. The third-order valence-electron chi connectivity index (χ3n) is 5.42. The quantitative estimate of drug-likeness (QED) is 0.847. The number of benzene rings is 1. The van der Waals surface area contributed by atoms with Crippen molar-refractivity contribution >= 4 is 34.0 Å². The lowest BCUT2D eigenvalue weighted by Crippen LogP contribution is -2.28. The van der Waals surface area contributed by atoms with Crippen LogP contribution in [-0.2, 0) is 15.0 Å². The zero-order chi connectivity index (χ0) is 19.8. The van der Waals surface area contributed by atoms with E-state index in [2.05, 4.69) is 36.3 Å². The van der Waals surface area contributed by atoms with E-state index in [4.69, 9.17) is 0 Å². The Morgan fingerprint density at radius 1 is 1.30 bits per heavy atom. The third-order valence-corrected chi connectivity index (χ3v) is 6.62. The maximum absolute atomic E-state index is 12.6. The first-order valence-corrected chi connectivity index (χ1v) is 10.1. The van der Waals surface area contributed by atoms with Crippen LogP contribution in [-0.4, -0.2) is 28.6 Å². The maximum atomic E-state index is 12.6. The van der Waals surface area contributed by atoms with Crippen molar-refractivity contribution in [3.8, 4) is 0 Å². The highest BCUT2D eigenvalue weighted by Gasteiger charge is 2.35. The molecular weight excluding hydrogens is 360 g/mol. The minimum atomic E-state index is -0.384. The van der Waals surface area contributed by atoms with Gasteiger partial charge < -0.3 is 10.2 Å². The molecule has 3 rings (SSSR count). The largest absolute Gasteiger partial charge is 0.312 e. The number of nitrogens with one attached hydrogen (secondary N) is 1. The van der Waals surface area contributed by atoms with E-state index >= 15 is 0 Å². The van der Waals surface area contributed by atoms with Crippen molar-refractivity contribution < 1.29 is 9.59 Å². The van der Waals surface area contributed by atoms with Gasteiger partial charge in [0.25, 0.3) is 0 Å². The van der Waals surface area contributed by atoms with Crippen molar-refractivity contribution in [2.75, 3.05) is 16.8 Å². The summed E-state index contributed by atoms with van der Waals surface area (Å²) in [4.78, 5) is 26.8. The van der Waals surface area contributed by atoms with Gasteiger partial charge >= 0.3 is 0 Å². The molecule has 27 heavy (non-hydrogen) atoms. The van der Waals surface area contributed by atoms with Crippen molar-refractivity contribution in [3.63, 3.8) is 0 Å². The molecule has 1 N–H and O–H groups in total. The summed E-state index contributed by atoms with van der Waals surface area (Å²) in [6.45, 7) is 10.8. The predicted molar refractivity (Wildman–Crippen MR) is 108 cm³/mol. The molecule has 1 aromatic carbocycles. The molecule has 1 atom stereocenters. The minimum absolute atomic E-state index is 0.0246. The van der Waals surface area contributed by atoms with Crippen molar-refractivity contribution in [1.29, 1.82) is 0 Å². The first-order valence-electron chi connectivity index (χ1n) is 9.23. The van der Waals surface area contributed by atoms with Crippen LogP contribution in [0.5, 0.6) is 0 Å². The first-order chi connectivity index (χ1) is 12.7. The van der Waals surface area contributed by atoms with Crippen LogP contribution < -0.4 is 10.2 Å². The smallest absolute Gasteiger partial charge is 0.231 e. The molecule has 6 nitrogen and oxygen atoms in total. The van der Waals surface area contributed by atoms with Crippen molar-refractivity contribution in [2.24, 2.45) is 5.92 Å². The summed E-state index contributed by atoms with van der Waals surface area (Å²) in [6.07, 6.45) is 1.16. The summed E-state index contributed by atoms with van der Waals surface area (Å²) < 4.78 is 0. The Balaban J connectivity index is 1.68. The van der Waals surface area contributed by atoms with Crippen LogP contribution in [0.1, 0.15) is 49.7 Å². The standard InChI is InChI=1S/C20H26N4O2S/c1-6-20(4,5)18-22-23-19(27-18)21-17(26)14-10-16(25)24(11-14)15-8-7-12(2)13(3)9-15/h7-9,14H,6,10-11H2,1-5H3,(H,21,23,26). The number of hydrogen-bond acceptors (Lipinski definition) is 5. The number of aromatic nitrogens is 2. The summed E-state index contributed by atoms with van der Waals surface area (Å²) in [5, 5.41) is 12.5. The molecule has 0 radical (unpaired) electrons. The van der Waals surface area contributed by atoms with Gasteiger partial charge in [0.15, 0.2) is 0 Å². The first kappa shape index (κ1) is 19.5. The van der Waals surface area contributed by atoms with Gasteiger partial charge in [-0.25, -0.2) is 0 Å². The van der Waals surface area contributed by atoms with Crippen LogP contribution in [0, 0.1) is 19.8 Å². The summed E-state index contributed by atoms with van der Waals surface area (Å²) in [5.41, 5.74) is 3.10. The SMILES string of the molecule is CCC(C)(C)c1nnc(NC(=O)C2CC(=O)N(c3ccc(C)c(C)c3)C2)s1. The van der Waals surface area contributed by atoms with Crippen LogP contribution in [0.3, 0.4) is 0 Å². The van der Waals surface area contributed by atoms with E-state index in [1.807, 2.05) is 32.0 Å². The van der Waals surface area contributed by atoms with E-state index in [9.17, 15) is 9.59 Å². The lowest BCUT2D eigenvalue weighted by Gasteiger charge is -2.18. The average Bonchev–Trinajstić information content (AvgIpc) is 3.24. The molecule has 2 amide bonds. The van der Waals surface area contributed by atoms with Gasteiger partial charge in [-0.3, -0.25) is 9.59 Å². The lowest BCUT2D eigenvalue weighted by atomic mass is 9.91. The zero-order valence-electron chi connectivity index (χ0n) is 16.5. The number of carbonyl (C=O) groups excluding carboxylic acids is 2. The number of rotatable bonds is 5. The highest BCUT2D eigenvalue weighted by Crippen LogP contribution is 2.32. The molecule has 2 aromatic rings. The highest BCUT2D eigenvalue weighted by atomic mass is 32.1. The van der Waals surface area contributed by atoms with Gasteiger partial charge in [0, 0.05) is 24.1 Å². The van der Waals surface area contributed by atoms with Gasteiger partial charge in [-0.2, -0.15) is 0 Å². The second kappa shape index (κ2) is 7.38. The molecular formula is C20H26N4O2S. The molecule has 0 spiro atoms. The molecule has 0 saturated carbocycles. The number of hydrogen-bond donors (Lipinski definition) is 1. The minimum Gasteiger partial charge on any atom is -0.312 e. The Hall–Kier alpha value is -2.28. The Labute approximate surface area is 164 Å². The number of amides is 2. The summed E-state index contributed by atoms with van der Waals surface area (Å²) in [7, 11) is 0. The average molecular weight is 387 g/mol. The van der Waals surface area contributed by atoms with E-state index in [0.717, 1.165) is 22.7 Å². The molecule has 0 aliphatic carbocycles. The van der Waals surface area contributed by atoms with Crippen LogP contribution >= 0.6 is 11.3 Å². The van der Waals surface area contributed by atoms with E-state index in [0.29, 0.717) is 11.7 Å². The molecule has 2 heterocycles. The van der Waals surface area contributed by atoms with Gasteiger partial charge in [-0.15, -0.1) is 10.2 Å². The number of aryl methyl sites for hydroxylation is 2. The molecule has 1 fully saturated rings. The molecule has 1 aliphatic rings. The second-order valence-electron chi connectivity index (χ2n) is 7.81. The summed E-state index contributed by atoms with van der Waals surface area (Å²) in [5.74, 6) is -0.583. The van der Waals surface area contributed by atoms with Crippen LogP contribution in [0.2, 0.25) is 0 Å². The number of nitrogens with zero attached hydrogens (tertiary/aromatic N) is 3. The summed E-state index contributed by atoms with van der Waals surface area (Å²) in [6, 6.07) is 5.94. The molecule has 1 aromatic heterocycles. The monoisotopic (exact) mass is 386 g/mol. The molecule has 0 bridgehead atoms. The topological polar surface area (TPSA) is 75.2 Å². The fourth-order valence-electron chi connectivity index (χ4n) is 2.93. The van der Waals surface area contributed by atoms with Crippen molar-refractivity contribution in [3.05, 3.63) is 34.3 Å². The van der Waals surface area contributed by atoms with Gasteiger partial charge in [0.2, 0.25) is 16.9 Å². The Morgan fingerprint density at radius 3 is 2.70 bits per heavy atom. The van der Waals surface area contributed by atoms with E-state index in [1.54, 1.807) is 4.90 Å². The maximum Gasteiger partial charge on any atom is 0.231 e. The Bertz CT molecular complexity index is 875. The molecule has 1 saturated heterocycles. The van der Waals surface area contributed by atoms with Crippen molar-refractivity contribution in [1.82, 2.24) is 10.2 Å². The van der Waals surface area contributed by atoms with Gasteiger partial charge in [0.1, 0.15) is 5.01 Å². The normalized spacial score (nSPS) is 17.4. The van der Waals surface area contributed by atoms with E-state index in [-0.39, 0.29) is 29.6 Å².